The second kappa shape index (κ2) is 2.91. The summed E-state index contributed by atoms with van der Waals surface area (Å²) >= 11 is 0. The number of hydrogen-bond donors (Lipinski definition) is 0. The molecule has 0 N–H and O–H groups in total. The van der Waals surface area contributed by atoms with Crippen LogP contribution in [-0.2, 0) is 10.3 Å². The van der Waals surface area contributed by atoms with Crippen LogP contribution in [0.3, 0.4) is 0 Å². The van der Waals surface area contributed by atoms with Crippen LogP contribution in [0, 0.1) is 0 Å². The van der Waals surface area contributed by atoms with Gasteiger partial charge in [0.05, 0.1) is 12.2 Å². The number of nitrogens with zero attached hydrogens (tertiary/aromatic N) is 1. The molecule has 1 saturated carbocycles. The summed E-state index contributed by atoms with van der Waals surface area (Å²) < 4.78 is 36.6. The molecule has 2 nitrogen and oxygen atoms in total. The Bertz CT molecular complexity index is 423. The van der Waals surface area contributed by atoms with Crippen LogP contribution in [0.4, 0.5) is 18.9 Å². The van der Waals surface area contributed by atoms with Crippen LogP contribution in [0.25, 0.3) is 0 Å². The molecule has 0 radical (unpaired) electrons. The Morgan fingerprint density at radius 3 is 2.50 bits per heavy atom. The number of hydroxylamine groups is 1. The second-order valence-corrected chi connectivity index (χ2v) is 4.37. The molecule has 2 aliphatic rings. The molecule has 1 fully saturated rings. The predicted molar refractivity (Wildman–Crippen MR) is 51.8 cm³/mol. The third-order valence-electron chi connectivity index (χ3n) is 3.26. The van der Waals surface area contributed by atoms with E-state index >= 15 is 0 Å². The van der Waals surface area contributed by atoms with E-state index in [1.54, 1.807) is 12.1 Å². The van der Waals surface area contributed by atoms with Crippen LogP contribution in [0.5, 0.6) is 0 Å². The molecule has 0 saturated heterocycles. The van der Waals surface area contributed by atoms with Gasteiger partial charge in [0.1, 0.15) is 0 Å². The molecule has 1 spiro atoms. The Morgan fingerprint density at radius 2 is 1.88 bits per heavy atom. The molecule has 3 rings (SSSR count). The minimum absolute atomic E-state index is 0.0815. The Hall–Kier alpha value is -1.23. The van der Waals surface area contributed by atoms with Gasteiger partial charge in [0.15, 0.2) is 0 Å². The van der Waals surface area contributed by atoms with Crippen molar-refractivity contribution in [3.8, 4) is 0 Å². The van der Waals surface area contributed by atoms with Crippen molar-refractivity contribution >= 4 is 5.69 Å². The van der Waals surface area contributed by atoms with E-state index in [1.165, 1.54) is 0 Å². The summed E-state index contributed by atoms with van der Waals surface area (Å²) in [5.74, 6) is 0. The van der Waals surface area contributed by atoms with Gasteiger partial charge in [-0.3, -0.25) is 0 Å². The normalized spacial score (nSPS) is 21.3. The summed E-state index contributed by atoms with van der Waals surface area (Å²) in [7, 11) is 0. The Morgan fingerprint density at radius 1 is 1.19 bits per heavy atom. The van der Waals surface area contributed by atoms with Gasteiger partial charge in [-0.25, -0.2) is 5.06 Å². The van der Waals surface area contributed by atoms with Crippen molar-refractivity contribution in [2.24, 2.45) is 0 Å². The molecule has 86 valence electrons. The summed E-state index contributed by atoms with van der Waals surface area (Å²) in [4.78, 5) is 4.03. The number of rotatable bonds is 1. The van der Waals surface area contributed by atoms with Gasteiger partial charge in [-0.15, -0.1) is 13.2 Å². The van der Waals surface area contributed by atoms with E-state index in [9.17, 15) is 13.2 Å². The van der Waals surface area contributed by atoms with Gasteiger partial charge in [0.2, 0.25) is 0 Å². The quantitative estimate of drug-likeness (QED) is 0.734. The molecule has 0 aromatic heterocycles. The highest BCUT2D eigenvalue weighted by atomic mass is 19.4. The highest BCUT2D eigenvalue weighted by Gasteiger charge is 2.53. The van der Waals surface area contributed by atoms with Crippen LogP contribution in [0.15, 0.2) is 24.3 Å². The third-order valence-corrected chi connectivity index (χ3v) is 3.26. The third kappa shape index (κ3) is 1.46. The van der Waals surface area contributed by atoms with Crippen molar-refractivity contribution < 1.29 is 18.0 Å². The van der Waals surface area contributed by atoms with Crippen molar-refractivity contribution in [2.75, 3.05) is 11.6 Å². The summed E-state index contributed by atoms with van der Waals surface area (Å²) in [6, 6.07) is 7.15. The second-order valence-electron chi connectivity index (χ2n) is 4.37. The summed E-state index contributed by atoms with van der Waals surface area (Å²) in [5.41, 5.74) is 1.46. The van der Waals surface area contributed by atoms with Gasteiger partial charge < -0.3 is 0 Å². The molecule has 1 heterocycles. The molecule has 0 bridgehead atoms. The average molecular weight is 229 g/mol. The largest absolute Gasteiger partial charge is 0.544 e. The van der Waals surface area contributed by atoms with Crippen LogP contribution in [0.2, 0.25) is 0 Å². The van der Waals surface area contributed by atoms with Crippen molar-refractivity contribution in [2.45, 2.75) is 24.6 Å². The molecule has 0 unspecified atom stereocenters. The van der Waals surface area contributed by atoms with Crippen molar-refractivity contribution in [3.05, 3.63) is 29.8 Å². The lowest BCUT2D eigenvalue weighted by atomic mass is 9.99. The lowest BCUT2D eigenvalue weighted by molar-refractivity contribution is -0.329. The van der Waals surface area contributed by atoms with Crippen LogP contribution in [0.1, 0.15) is 18.4 Å². The van der Waals surface area contributed by atoms with Crippen molar-refractivity contribution in [1.82, 2.24) is 0 Å². The zero-order valence-electron chi connectivity index (χ0n) is 8.42. The maximum absolute atomic E-state index is 12.2. The van der Waals surface area contributed by atoms with E-state index in [4.69, 9.17) is 0 Å². The lowest BCUT2D eigenvalue weighted by Gasteiger charge is -2.20. The van der Waals surface area contributed by atoms with Gasteiger partial charge in [0, 0.05) is 5.41 Å². The summed E-state index contributed by atoms with van der Waals surface area (Å²) in [5, 5.41) is 0.975. The monoisotopic (exact) mass is 229 g/mol. The van der Waals surface area contributed by atoms with Gasteiger partial charge in [-0.05, 0) is 24.5 Å². The molecular formula is C11H10F3NO. The van der Waals surface area contributed by atoms with Gasteiger partial charge in [-0.1, -0.05) is 18.2 Å². The first-order valence-electron chi connectivity index (χ1n) is 5.13. The summed E-state index contributed by atoms with van der Waals surface area (Å²) in [6.07, 6.45) is -2.73. The minimum atomic E-state index is -4.62. The number of benzene rings is 1. The molecule has 16 heavy (non-hydrogen) atoms. The molecule has 0 atom stereocenters. The molecule has 1 aliphatic carbocycles. The fourth-order valence-electron chi connectivity index (χ4n) is 2.37. The highest BCUT2D eigenvalue weighted by Crippen LogP contribution is 2.56. The maximum Gasteiger partial charge on any atom is 0.544 e. The number of anilines is 1. The molecular weight excluding hydrogens is 219 g/mol. The van der Waals surface area contributed by atoms with Gasteiger partial charge in [-0.2, -0.15) is 4.84 Å². The average Bonchev–Trinajstić information content (AvgIpc) is 2.89. The lowest BCUT2D eigenvalue weighted by Crippen LogP contribution is -2.31. The minimum Gasteiger partial charge on any atom is -0.244 e. The fraction of sp³-hybridized carbons (Fsp3) is 0.455. The molecule has 1 aromatic carbocycles. The number of alkyl halides is 3. The van der Waals surface area contributed by atoms with Gasteiger partial charge >= 0.3 is 6.36 Å². The maximum atomic E-state index is 12.2. The van der Waals surface area contributed by atoms with E-state index in [0.717, 1.165) is 23.5 Å². The Labute approximate surface area is 90.6 Å². The van der Waals surface area contributed by atoms with E-state index in [-0.39, 0.29) is 5.41 Å². The topological polar surface area (TPSA) is 12.5 Å². The fourth-order valence-corrected chi connectivity index (χ4v) is 2.37. The Kier molecular flexibility index (Phi) is 1.81. The number of para-hydroxylation sites is 1. The molecule has 1 aliphatic heterocycles. The van der Waals surface area contributed by atoms with E-state index in [0.29, 0.717) is 12.2 Å². The molecule has 5 heteroatoms. The highest BCUT2D eigenvalue weighted by molar-refractivity contribution is 5.63. The number of fused-ring (bicyclic) bond motifs is 2. The van der Waals surface area contributed by atoms with E-state index in [2.05, 4.69) is 4.84 Å². The van der Waals surface area contributed by atoms with Crippen molar-refractivity contribution in [3.63, 3.8) is 0 Å². The van der Waals surface area contributed by atoms with Crippen LogP contribution < -0.4 is 5.06 Å². The number of halogens is 3. The standard InChI is InChI=1S/C11H10F3NO/c12-11(13,14)16-15-7-10(5-6-10)8-3-1-2-4-9(8)15/h1-4H,5-7H2. The SMILES string of the molecule is FC(F)(F)ON1CC2(CC2)c2ccccc21. The first-order chi connectivity index (χ1) is 7.50. The zero-order chi connectivity index (χ0) is 11.4. The van der Waals surface area contributed by atoms with Crippen LogP contribution >= 0.6 is 0 Å². The van der Waals surface area contributed by atoms with Crippen LogP contribution in [-0.4, -0.2) is 12.9 Å². The van der Waals surface area contributed by atoms with Crippen molar-refractivity contribution in [1.29, 1.82) is 0 Å². The predicted octanol–water partition coefficient (Wildman–Crippen LogP) is 2.99. The first-order valence-corrected chi connectivity index (χ1v) is 5.13. The molecule has 0 amide bonds. The number of hydrogen-bond acceptors (Lipinski definition) is 2. The smallest absolute Gasteiger partial charge is 0.244 e. The van der Waals surface area contributed by atoms with E-state index in [1.807, 2.05) is 12.1 Å². The van der Waals surface area contributed by atoms with E-state index < -0.39 is 6.36 Å². The van der Waals surface area contributed by atoms with Gasteiger partial charge in [0.25, 0.3) is 0 Å². The first kappa shape index (κ1) is 9.96. The summed E-state index contributed by atoms with van der Waals surface area (Å²) in [6.45, 7) is 0.311. The Balaban J connectivity index is 1.94. The molecule has 1 aromatic rings. The zero-order valence-corrected chi connectivity index (χ0v) is 8.42.